The smallest absolute Gasteiger partial charge is 0.165 e. The fraction of sp³-hybridized carbons (Fsp3) is 0.0217. The Morgan fingerprint density at radius 1 is 0.412 bits per heavy atom. The molecule has 0 bridgehead atoms. The van der Waals surface area contributed by atoms with E-state index in [0.29, 0.717) is 17.5 Å². The third kappa shape index (κ3) is 5.01. The molecular weight excluding hydrogens is 643 g/mol. The molecule has 0 saturated heterocycles. The van der Waals surface area contributed by atoms with Crippen LogP contribution in [-0.2, 0) is 0 Å². The normalized spacial score (nSPS) is 11.6. The molecule has 0 saturated carbocycles. The van der Waals surface area contributed by atoms with Gasteiger partial charge in [0.15, 0.2) is 17.5 Å². The van der Waals surface area contributed by atoms with E-state index >= 15 is 0 Å². The van der Waals surface area contributed by atoms with Crippen molar-refractivity contribution >= 4 is 53.4 Å². The van der Waals surface area contributed by atoms with Crippen molar-refractivity contribution in [2.24, 2.45) is 0 Å². The molecule has 4 nitrogen and oxygen atoms in total. The van der Waals surface area contributed by atoms with E-state index in [1.54, 1.807) is 11.3 Å². The first-order valence-electron chi connectivity index (χ1n) is 17.0. The molecule has 5 heteroatoms. The van der Waals surface area contributed by atoms with Gasteiger partial charge in [0.2, 0.25) is 0 Å². The molecule has 51 heavy (non-hydrogen) atoms. The lowest BCUT2D eigenvalue weighted by atomic mass is 9.97. The number of furan rings is 1. The largest absolute Gasteiger partial charge is 0.456 e. The monoisotopic (exact) mass is 671 g/mol. The van der Waals surface area contributed by atoms with Gasteiger partial charge >= 0.3 is 0 Å². The number of thiophene rings is 1. The molecule has 3 heterocycles. The molecule has 10 rings (SSSR count). The average Bonchev–Trinajstić information content (AvgIpc) is 3.76. The number of aromatic nitrogens is 3. The van der Waals surface area contributed by atoms with Crippen LogP contribution in [0.3, 0.4) is 0 Å². The Hall–Kier alpha value is -6.43. The van der Waals surface area contributed by atoms with Crippen LogP contribution >= 0.6 is 11.3 Å². The van der Waals surface area contributed by atoms with Crippen molar-refractivity contribution in [2.45, 2.75) is 6.92 Å². The molecule has 0 radical (unpaired) electrons. The molecule has 0 amide bonds. The average molecular weight is 672 g/mol. The summed E-state index contributed by atoms with van der Waals surface area (Å²) in [6.45, 7) is 2.15. The van der Waals surface area contributed by atoms with E-state index in [9.17, 15) is 0 Å². The summed E-state index contributed by atoms with van der Waals surface area (Å²) < 4.78 is 8.64. The predicted molar refractivity (Wildman–Crippen MR) is 212 cm³/mol. The van der Waals surface area contributed by atoms with E-state index in [2.05, 4.69) is 146 Å². The van der Waals surface area contributed by atoms with Crippen LogP contribution in [0.15, 0.2) is 162 Å². The number of fused-ring (bicyclic) bond motifs is 6. The second-order valence-corrected chi connectivity index (χ2v) is 13.9. The molecule has 0 atom stereocenters. The number of hydrogen-bond acceptors (Lipinski definition) is 5. The van der Waals surface area contributed by atoms with Crippen LogP contribution in [0.5, 0.6) is 0 Å². The fourth-order valence-electron chi connectivity index (χ4n) is 7.24. The molecule has 0 N–H and O–H groups in total. The van der Waals surface area contributed by atoms with Crippen LogP contribution in [0.1, 0.15) is 5.56 Å². The minimum Gasteiger partial charge on any atom is -0.456 e. The van der Waals surface area contributed by atoms with E-state index in [4.69, 9.17) is 19.4 Å². The summed E-state index contributed by atoms with van der Waals surface area (Å²) in [6, 6.07) is 54.9. The highest BCUT2D eigenvalue weighted by Crippen LogP contribution is 2.41. The highest BCUT2D eigenvalue weighted by atomic mass is 32.1. The van der Waals surface area contributed by atoms with E-state index in [0.717, 1.165) is 66.4 Å². The van der Waals surface area contributed by atoms with Crippen molar-refractivity contribution in [3.63, 3.8) is 0 Å². The summed E-state index contributed by atoms with van der Waals surface area (Å²) >= 11 is 1.78. The van der Waals surface area contributed by atoms with Crippen LogP contribution in [0.25, 0.3) is 98.5 Å². The van der Waals surface area contributed by atoms with Crippen molar-refractivity contribution < 1.29 is 4.42 Å². The molecule has 240 valence electrons. The Morgan fingerprint density at radius 3 is 1.92 bits per heavy atom. The minimum atomic E-state index is 0.637. The zero-order valence-electron chi connectivity index (χ0n) is 27.7. The summed E-state index contributed by atoms with van der Waals surface area (Å²) in [5.41, 5.74) is 10.3. The molecule has 0 aliphatic rings. The van der Waals surface area contributed by atoms with E-state index in [-0.39, 0.29) is 0 Å². The summed E-state index contributed by atoms with van der Waals surface area (Å²) in [6.07, 6.45) is 0. The molecule has 0 aliphatic heterocycles. The van der Waals surface area contributed by atoms with E-state index in [1.165, 1.54) is 20.2 Å². The number of nitrogens with zero attached hydrogens (tertiary/aromatic N) is 3. The first kappa shape index (κ1) is 29.5. The Balaban J connectivity index is 1.15. The molecule has 0 unspecified atom stereocenters. The van der Waals surface area contributed by atoms with Gasteiger partial charge in [0.25, 0.3) is 0 Å². The molecule has 7 aromatic carbocycles. The summed E-state index contributed by atoms with van der Waals surface area (Å²) in [4.78, 5) is 15.6. The Bertz CT molecular complexity index is 2940. The van der Waals surface area contributed by atoms with Gasteiger partial charge in [-0.1, -0.05) is 121 Å². The van der Waals surface area contributed by atoms with Crippen LogP contribution < -0.4 is 0 Å². The quantitative estimate of drug-likeness (QED) is 0.183. The first-order valence-corrected chi connectivity index (χ1v) is 17.8. The van der Waals surface area contributed by atoms with Crippen LogP contribution in [0.4, 0.5) is 0 Å². The van der Waals surface area contributed by atoms with Gasteiger partial charge in [-0.15, -0.1) is 11.3 Å². The van der Waals surface area contributed by atoms with Crippen molar-refractivity contribution in [1.82, 2.24) is 15.0 Å². The van der Waals surface area contributed by atoms with E-state index < -0.39 is 0 Å². The Labute approximate surface area is 298 Å². The summed E-state index contributed by atoms with van der Waals surface area (Å²) in [5.74, 6) is 1.94. The molecule has 0 spiro atoms. The number of benzene rings is 7. The third-order valence-electron chi connectivity index (χ3n) is 9.71. The molecule has 0 fully saturated rings. The zero-order valence-corrected chi connectivity index (χ0v) is 28.5. The highest BCUT2D eigenvalue weighted by Gasteiger charge is 2.19. The maximum absolute atomic E-state index is 6.22. The van der Waals surface area contributed by atoms with Gasteiger partial charge in [-0.25, -0.2) is 15.0 Å². The Morgan fingerprint density at radius 2 is 1.06 bits per heavy atom. The van der Waals surface area contributed by atoms with E-state index in [1.807, 2.05) is 18.2 Å². The number of rotatable bonds is 5. The molecule has 3 aromatic heterocycles. The maximum atomic E-state index is 6.22. The fourth-order valence-corrected chi connectivity index (χ4v) is 8.45. The van der Waals surface area contributed by atoms with Crippen LogP contribution in [0, 0.1) is 6.92 Å². The van der Waals surface area contributed by atoms with Crippen LogP contribution in [0.2, 0.25) is 0 Å². The predicted octanol–water partition coefficient (Wildman–Crippen LogP) is 12.8. The topological polar surface area (TPSA) is 51.8 Å². The second kappa shape index (κ2) is 11.9. The van der Waals surface area contributed by atoms with Gasteiger partial charge in [0, 0.05) is 47.6 Å². The van der Waals surface area contributed by atoms with Gasteiger partial charge in [0.1, 0.15) is 11.2 Å². The highest BCUT2D eigenvalue weighted by molar-refractivity contribution is 7.26. The lowest BCUT2D eigenvalue weighted by molar-refractivity contribution is 0.669. The third-order valence-corrected chi connectivity index (χ3v) is 10.9. The zero-order chi connectivity index (χ0) is 33.9. The summed E-state index contributed by atoms with van der Waals surface area (Å²) in [5, 5.41) is 4.71. The van der Waals surface area contributed by atoms with Gasteiger partial charge in [0.05, 0.1) is 0 Å². The Kier molecular flexibility index (Phi) is 6.86. The van der Waals surface area contributed by atoms with Crippen molar-refractivity contribution in [3.8, 4) is 56.4 Å². The molecule has 10 aromatic rings. The molecule has 0 aliphatic carbocycles. The number of aryl methyl sites for hydroxylation is 1. The van der Waals surface area contributed by atoms with Crippen molar-refractivity contribution in [3.05, 3.63) is 163 Å². The molecular formula is C46H29N3OS. The standard InChI is InChI=1S/C46H29N3OS/c1-28-26-31(23-24-32(28)30-22-25-35-34-15-7-9-20-40(34)50-41(35)27-30)44-47-45(38-17-6-5-14-33(38)29-12-3-2-4-13-29)49-46(48-44)39-19-11-18-37-36-16-8-10-21-42(36)51-43(37)39/h2-27H,1H3. The van der Waals surface area contributed by atoms with Gasteiger partial charge in [-0.2, -0.15) is 0 Å². The minimum absolute atomic E-state index is 0.637. The maximum Gasteiger partial charge on any atom is 0.165 e. The number of para-hydroxylation sites is 1. The SMILES string of the molecule is Cc1cc(-c2nc(-c3ccccc3-c3ccccc3)nc(-c3cccc4c3sc3ccccc34)n2)ccc1-c1ccc2c(c1)oc1ccccc12. The van der Waals surface area contributed by atoms with Crippen molar-refractivity contribution in [1.29, 1.82) is 0 Å². The van der Waals surface area contributed by atoms with Crippen LogP contribution in [-0.4, -0.2) is 15.0 Å². The van der Waals surface area contributed by atoms with Gasteiger partial charge in [-0.05, 0) is 71.1 Å². The summed E-state index contributed by atoms with van der Waals surface area (Å²) in [7, 11) is 0. The lowest BCUT2D eigenvalue weighted by Crippen LogP contribution is -2.01. The van der Waals surface area contributed by atoms with Crippen molar-refractivity contribution in [2.75, 3.05) is 0 Å². The van der Waals surface area contributed by atoms with Gasteiger partial charge < -0.3 is 4.42 Å². The first-order chi connectivity index (χ1) is 25.2. The second-order valence-electron chi connectivity index (χ2n) is 12.8. The number of hydrogen-bond donors (Lipinski definition) is 0. The lowest BCUT2D eigenvalue weighted by Gasteiger charge is -2.13. The van der Waals surface area contributed by atoms with Gasteiger partial charge in [-0.3, -0.25) is 0 Å².